The molecule has 0 aliphatic rings. The molecule has 0 aliphatic carbocycles. The molecule has 0 saturated heterocycles. The van der Waals surface area contributed by atoms with Gasteiger partial charge in [0, 0.05) is 31.0 Å². The Morgan fingerprint density at radius 3 is 2.80 bits per heavy atom. The van der Waals surface area contributed by atoms with Crippen LogP contribution >= 0.6 is 0 Å². The molecule has 2 aromatic heterocycles. The average molecular weight is 412 g/mol. The monoisotopic (exact) mass is 411 g/mol. The van der Waals surface area contributed by atoms with Crippen molar-refractivity contribution < 1.29 is 14.7 Å². The van der Waals surface area contributed by atoms with Gasteiger partial charge in [-0.25, -0.2) is 4.98 Å². The van der Waals surface area contributed by atoms with E-state index in [4.69, 9.17) is 5.73 Å². The Morgan fingerprint density at radius 2 is 2.07 bits per heavy atom. The third kappa shape index (κ3) is 5.48. The molecule has 30 heavy (non-hydrogen) atoms. The summed E-state index contributed by atoms with van der Waals surface area (Å²) in [6, 6.07) is 7.94. The molecular formula is C22H29N5O3. The second kappa shape index (κ2) is 10.1. The number of rotatable bonds is 11. The number of carbonyl (C=O) groups excluding carboxylic acids is 2. The van der Waals surface area contributed by atoms with Crippen molar-refractivity contribution in [1.82, 2.24) is 14.1 Å². The van der Waals surface area contributed by atoms with Crippen molar-refractivity contribution in [2.24, 2.45) is 5.73 Å². The van der Waals surface area contributed by atoms with Crippen LogP contribution in [0.15, 0.2) is 43.0 Å². The Kier molecular flexibility index (Phi) is 7.24. The molecule has 4 N–H and O–H groups in total. The Balaban J connectivity index is 1.57. The second-order valence-electron chi connectivity index (χ2n) is 7.48. The lowest BCUT2D eigenvalue weighted by molar-refractivity contribution is -0.116. The number of fused-ring (bicyclic) bond motifs is 1. The van der Waals surface area contributed by atoms with E-state index in [0.29, 0.717) is 19.4 Å². The summed E-state index contributed by atoms with van der Waals surface area (Å²) in [6.45, 7) is 2.83. The number of primary amides is 1. The number of hydrogen-bond acceptors (Lipinski definition) is 4. The van der Waals surface area contributed by atoms with Gasteiger partial charge in [-0.3, -0.25) is 9.59 Å². The molecule has 0 saturated carbocycles. The molecule has 0 spiro atoms. The number of unbranched alkanes of at least 4 members (excludes halogenated alkanes) is 2. The summed E-state index contributed by atoms with van der Waals surface area (Å²) in [5.41, 5.74) is 7.15. The van der Waals surface area contributed by atoms with Gasteiger partial charge < -0.3 is 25.3 Å². The van der Waals surface area contributed by atoms with Crippen LogP contribution in [0.1, 0.15) is 62.2 Å². The summed E-state index contributed by atoms with van der Waals surface area (Å²) in [5.74, 6) is -0.576. The molecule has 160 valence electrons. The van der Waals surface area contributed by atoms with Crippen LogP contribution in [0.4, 0.5) is 5.69 Å². The van der Waals surface area contributed by atoms with Gasteiger partial charge in [-0.2, -0.15) is 0 Å². The first kappa shape index (κ1) is 21.6. The van der Waals surface area contributed by atoms with Crippen molar-refractivity contribution in [2.45, 2.75) is 58.2 Å². The van der Waals surface area contributed by atoms with Gasteiger partial charge in [0.2, 0.25) is 5.91 Å². The van der Waals surface area contributed by atoms with Gasteiger partial charge >= 0.3 is 0 Å². The summed E-state index contributed by atoms with van der Waals surface area (Å²) >= 11 is 0. The number of nitrogens with zero attached hydrogens (tertiary/aromatic N) is 3. The predicted octanol–water partition coefficient (Wildman–Crippen LogP) is 3.43. The lowest BCUT2D eigenvalue weighted by Crippen LogP contribution is -2.12. The van der Waals surface area contributed by atoms with E-state index in [2.05, 4.69) is 21.8 Å². The Labute approximate surface area is 175 Å². The maximum atomic E-state index is 12.1. The molecule has 0 bridgehead atoms. The van der Waals surface area contributed by atoms with Gasteiger partial charge in [0.1, 0.15) is 11.9 Å². The molecule has 0 aliphatic heterocycles. The van der Waals surface area contributed by atoms with Gasteiger partial charge in [-0.15, -0.1) is 0 Å². The number of carbonyl (C=O) groups is 2. The third-order valence-electron chi connectivity index (χ3n) is 5.12. The standard InChI is InChI=1S/C22H29N5O3/c1-2-3-4-6-20(28)25-17-9-8-16-10-12-26(19(16)13-17)11-5-7-21(29)27-14-18(22(23)30)24-15-27/h8-10,12-15,21,29H,2-7,11H2,1H3,(H2,23,30)(H,25,28). The Hall–Kier alpha value is -3.13. The molecule has 0 fully saturated rings. The normalized spacial score (nSPS) is 12.2. The summed E-state index contributed by atoms with van der Waals surface area (Å²) in [6.07, 6.45) is 8.91. The number of amides is 2. The highest BCUT2D eigenvalue weighted by atomic mass is 16.3. The number of aliphatic hydroxyl groups is 1. The molecule has 2 heterocycles. The molecule has 2 amide bonds. The number of anilines is 1. The Morgan fingerprint density at radius 1 is 1.23 bits per heavy atom. The quantitative estimate of drug-likeness (QED) is 0.419. The highest BCUT2D eigenvalue weighted by Crippen LogP contribution is 2.22. The van der Waals surface area contributed by atoms with Crippen LogP contribution in [-0.2, 0) is 11.3 Å². The van der Waals surface area contributed by atoms with Crippen molar-refractivity contribution in [3.8, 4) is 0 Å². The highest BCUT2D eigenvalue weighted by Gasteiger charge is 2.11. The number of hydrogen-bond donors (Lipinski definition) is 3. The van der Waals surface area contributed by atoms with E-state index in [9.17, 15) is 14.7 Å². The molecule has 1 unspecified atom stereocenters. The SMILES string of the molecule is CCCCCC(=O)Nc1ccc2ccn(CCCC(O)n3cnc(C(N)=O)c3)c2c1. The van der Waals surface area contributed by atoms with E-state index in [1.807, 2.05) is 30.5 Å². The smallest absolute Gasteiger partial charge is 0.268 e. The first-order valence-electron chi connectivity index (χ1n) is 10.4. The fourth-order valence-electron chi connectivity index (χ4n) is 3.44. The van der Waals surface area contributed by atoms with Crippen LogP contribution in [0.3, 0.4) is 0 Å². The van der Waals surface area contributed by atoms with Crippen LogP contribution in [0.5, 0.6) is 0 Å². The van der Waals surface area contributed by atoms with Crippen molar-refractivity contribution in [2.75, 3.05) is 5.32 Å². The number of imidazole rings is 1. The molecule has 1 aromatic carbocycles. The van der Waals surface area contributed by atoms with Crippen LogP contribution in [0.2, 0.25) is 0 Å². The van der Waals surface area contributed by atoms with Crippen LogP contribution in [-0.4, -0.2) is 31.0 Å². The summed E-state index contributed by atoms with van der Waals surface area (Å²) in [5, 5.41) is 14.4. The van der Waals surface area contributed by atoms with E-state index in [1.54, 1.807) is 0 Å². The first-order chi connectivity index (χ1) is 14.5. The molecule has 8 heteroatoms. The first-order valence-corrected chi connectivity index (χ1v) is 10.4. The minimum absolute atomic E-state index is 0.0414. The fourth-order valence-corrected chi connectivity index (χ4v) is 3.44. The third-order valence-corrected chi connectivity index (χ3v) is 5.12. The summed E-state index contributed by atoms with van der Waals surface area (Å²) in [4.78, 5) is 27.1. The van der Waals surface area contributed by atoms with E-state index in [0.717, 1.165) is 42.3 Å². The zero-order valence-corrected chi connectivity index (χ0v) is 17.3. The van der Waals surface area contributed by atoms with Crippen molar-refractivity contribution >= 4 is 28.4 Å². The topological polar surface area (TPSA) is 115 Å². The molecule has 8 nitrogen and oxygen atoms in total. The summed E-state index contributed by atoms with van der Waals surface area (Å²) < 4.78 is 3.59. The van der Waals surface area contributed by atoms with E-state index in [-0.39, 0.29) is 11.6 Å². The zero-order chi connectivity index (χ0) is 21.5. The van der Waals surface area contributed by atoms with Crippen LogP contribution in [0.25, 0.3) is 10.9 Å². The van der Waals surface area contributed by atoms with Crippen LogP contribution < -0.4 is 11.1 Å². The van der Waals surface area contributed by atoms with Gasteiger partial charge in [0.25, 0.3) is 5.91 Å². The largest absolute Gasteiger partial charge is 0.373 e. The minimum atomic E-state index is -0.773. The van der Waals surface area contributed by atoms with Gasteiger partial charge in [0.05, 0.1) is 11.8 Å². The van der Waals surface area contributed by atoms with Crippen molar-refractivity contribution in [1.29, 1.82) is 0 Å². The molecule has 1 atom stereocenters. The van der Waals surface area contributed by atoms with Crippen molar-refractivity contribution in [3.05, 3.63) is 48.7 Å². The van der Waals surface area contributed by atoms with Crippen LogP contribution in [0, 0.1) is 0 Å². The minimum Gasteiger partial charge on any atom is -0.373 e. The summed E-state index contributed by atoms with van der Waals surface area (Å²) in [7, 11) is 0. The van der Waals surface area contributed by atoms with Crippen molar-refractivity contribution in [3.63, 3.8) is 0 Å². The fraction of sp³-hybridized carbons (Fsp3) is 0.409. The predicted molar refractivity (Wildman–Crippen MR) is 116 cm³/mol. The lowest BCUT2D eigenvalue weighted by atomic mass is 10.2. The lowest BCUT2D eigenvalue weighted by Gasteiger charge is -2.13. The zero-order valence-electron chi connectivity index (χ0n) is 17.3. The van der Waals surface area contributed by atoms with E-state index in [1.165, 1.54) is 17.1 Å². The second-order valence-corrected chi connectivity index (χ2v) is 7.48. The van der Waals surface area contributed by atoms with E-state index < -0.39 is 12.1 Å². The maximum absolute atomic E-state index is 12.1. The number of benzene rings is 1. The molecule has 0 radical (unpaired) electrons. The number of nitrogens with two attached hydrogens (primary N) is 1. The number of aliphatic hydroxyl groups excluding tert-OH is 1. The maximum Gasteiger partial charge on any atom is 0.268 e. The molecule has 3 rings (SSSR count). The van der Waals surface area contributed by atoms with Gasteiger partial charge in [0.15, 0.2) is 0 Å². The van der Waals surface area contributed by atoms with E-state index >= 15 is 0 Å². The Bertz CT molecular complexity index is 1010. The number of aryl methyl sites for hydroxylation is 1. The highest BCUT2D eigenvalue weighted by molar-refractivity contribution is 5.93. The molecular weight excluding hydrogens is 382 g/mol. The van der Waals surface area contributed by atoms with Gasteiger partial charge in [-0.05, 0) is 42.8 Å². The van der Waals surface area contributed by atoms with Gasteiger partial charge in [-0.1, -0.05) is 25.8 Å². The number of aromatic nitrogens is 3. The average Bonchev–Trinajstić information content (AvgIpc) is 3.36. The molecule has 3 aromatic rings. The number of nitrogens with one attached hydrogen (secondary N) is 1.